The Labute approximate surface area is 200 Å². The number of aryl methyl sites for hydroxylation is 2. The minimum atomic E-state index is -0.190. The summed E-state index contributed by atoms with van der Waals surface area (Å²) in [5.74, 6) is -0.517. The molecule has 1 aromatic heterocycles. The standard InChI is InChI=1S/C24H28N2O4.H2S2/c1-2-30-22(27)13-6-3-10-19-15-14-18(17-25-19)9-7-8-16-26-23(28)20-11-4-5-12-21(20)24(26)29;1-2/h4-5,11-12,14-15,17H,2-3,6-10,13,16H2,1H3;1-2H. The molecule has 0 spiro atoms. The van der Waals surface area contributed by atoms with Gasteiger partial charge < -0.3 is 4.74 Å². The number of esters is 1. The normalized spacial score (nSPS) is 12.3. The van der Waals surface area contributed by atoms with E-state index in [0.717, 1.165) is 49.8 Å². The third-order valence-corrected chi connectivity index (χ3v) is 5.23. The summed E-state index contributed by atoms with van der Waals surface area (Å²) in [7, 11) is 0. The monoisotopic (exact) mass is 474 g/mol. The van der Waals surface area contributed by atoms with E-state index in [-0.39, 0.29) is 17.8 Å². The van der Waals surface area contributed by atoms with Crippen LogP contribution in [0, 0.1) is 0 Å². The minimum absolute atomic E-state index is 0.137. The second-order valence-corrected chi connectivity index (χ2v) is 7.43. The maximum atomic E-state index is 12.4. The van der Waals surface area contributed by atoms with E-state index < -0.39 is 0 Å². The second kappa shape index (κ2) is 14.0. The van der Waals surface area contributed by atoms with Gasteiger partial charge in [-0.15, -0.1) is 23.3 Å². The van der Waals surface area contributed by atoms with Crippen molar-refractivity contribution in [2.45, 2.75) is 51.9 Å². The number of fused-ring (bicyclic) bond motifs is 1. The molecule has 2 aromatic rings. The Morgan fingerprint density at radius 1 is 0.938 bits per heavy atom. The predicted molar refractivity (Wildman–Crippen MR) is 131 cm³/mol. The van der Waals surface area contributed by atoms with Crippen molar-refractivity contribution in [2.75, 3.05) is 13.2 Å². The van der Waals surface area contributed by atoms with Crippen LogP contribution in [0.15, 0.2) is 42.6 Å². The zero-order valence-electron chi connectivity index (χ0n) is 18.3. The largest absolute Gasteiger partial charge is 0.466 e. The molecule has 1 aliphatic heterocycles. The van der Waals surface area contributed by atoms with E-state index in [2.05, 4.69) is 34.4 Å². The molecule has 0 atom stereocenters. The van der Waals surface area contributed by atoms with Gasteiger partial charge in [-0.2, -0.15) is 0 Å². The van der Waals surface area contributed by atoms with Gasteiger partial charge in [0.25, 0.3) is 11.8 Å². The fraction of sp³-hybridized carbons (Fsp3) is 0.417. The van der Waals surface area contributed by atoms with Crippen LogP contribution in [-0.2, 0) is 22.4 Å². The summed E-state index contributed by atoms with van der Waals surface area (Å²) in [5.41, 5.74) is 3.18. The molecule has 2 heterocycles. The number of carbonyl (C=O) groups is 3. The fourth-order valence-electron chi connectivity index (χ4n) is 3.60. The van der Waals surface area contributed by atoms with Crippen LogP contribution in [0.2, 0.25) is 0 Å². The summed E-state index contributed by atoms with van der Waals surface area (Å²) in [5, 5.41) is 0. The van der Waals surface area contributed by atoms with Gasteiger partial charge in [0.2, 0.25) is 0 Å². The molecule has 32 heavy (non-hydrogen) atoms. The van der Waals surface area contributed by atoms with Gasteiger partial charge in [0.05, 0.1) is 17.7 Å². The molecule has 0 aliphatic carbocycles. The molecule has 1 aromatic carbocycles. The first-order chi connectivity index (χ1) is 15.6. The maximum absolute atomic E-state index is 12.4. The second-order valence-electron chi connectivity index (χ2n) is 7.43. The van der Waals surface area contributed by atoms with E-state index >= 15 is 0 Å². The van der Waals surface area contributed by atoms with Gasteiger partial charge in [-0.25, -0.2) is 0 Å². The topological polar surface area (TPSA) is 76.6 Å². The SMILES string of the molecule is CCOC(=O)CCCCc1ccc(CCCCN2C(=O)c3ccccc3C2=O)cn1.SS. The number of ether oxygens (including phenoxy) is 1. The highest BCUT2D eigenvalue weighted by Gasteiger charge is 2.34. The molecule has 2 amide bonds. The van der Waals surface area contributed by atoms with Crippen molar-refractivity contribution in [3.63, 3.8) is 0 Å². The van der Waals surface area contributed by atoms with Gasteiger partial charge in [-0.3, -0.25) is 24.3 Å². The number of hydrogen-bond donors (Lipinski definition) is 2. The highest BCUT2D eigenvalue weighted by Crippen LogP contribution is 2.22. The number of imide groups is 1. The van der Waals surface area contributed by atoms with Crippen molar-refractivity contribution >= 4 is 41.1 Å². The zero-order valence-corrected chi connectivity index (χ0v) is 20.1. The van der Waals surface area contributed by atoms with Gasteiger partial charge in [0.15, 0.2) is 0 Å². The van der Waals surface area contributed by atoms with Gasteiger partial charge in [0, 0.05) is 24.9 Å². The third-order valence-electron chi connectivity index (χ3n) is 5.23. The van der Waals surface area contributed by atoms with Crippen LogP contribution < -0.4 is 0 Å². The Hall–Kier alpha value is -2.32. The van der Waals surface area contributed by atoms with Crippen molar-refractivity contribution in [3.8, 4) is 0 Å². The van der Waals surface area contributed by atoms with Crippen molar-refractivity contribution in [1.82, 2.24) is 9.88 Å². The lowest BCUT2D eigenvalue weighted by atomic mass is 10.1. The first-order valence-corrected chi connectivity index (χ1v) is 12.4. The number of carbonyl (C=O) groups excluding carboxylic acids is 3. The van der Waals surface area contributed by atoms with E-state index in [1.165, 1.54) is 4.90 Å². The number of hydrogen-bond acceptors (Lipinski definition) is 7. The van der Waals surface area contributed by atoms with Gasteiger partial charge in [-0.05, 0) is 69.2 Å². The highest BCUT2D eigenvalue weighted by atomic mass is 33.1. The number of nitrogens with zero attached hydrogens (tertiary/aromatic N) is 2. The molecular weight excluding hydrogens is 444 g/mol. The minimum Gasteiger partial charge on any atom is -0.466 e. The summed E-state index contributed by atoms with van der Waals surface area (Å²) in [6, 6.07) is 11.1. The average Bonchev–Trinajstić information content (AvgIpc) is 3.07. The van der Waals surface area contributed by atoms with E-state index in [1.807, 2.05) is 19.2 Å². The molecule has 1 aliphatic rings. The Morgan fingerprint density at radius 3 is 2.19 bits per heavy atom. The maximum Gasteiger partial charge on any atom is 0.305 e. The van der Waals surface area contributed by atoms with E-state index in [1.54, 1.807) is 24.3 Å². The lowest BCUT2D eigenvalue weighted by Crippen LogP contribution is -2.30. The molecule has 0 radical (unpaired) electrons. The molecule has 3 rings (SSSR count). The molecule has 0 fully saturated rings. The Bertz CT molecular complexity index is 868. The third kappa shape index (κ3) is 7.38. The first-order valence-electron chi connectivity index (χ1n) is 10.8. The Morgan fingerprint density at radius 2 is 1.59 bits per heavy atom. The lowest BCUT2D eigenvalue weighted by Gasteiger charge is -2.13. The molecule has 6 nitrogen and oxygen atoms in total. The number of thiol groups is 2. The van der Waals surface area contributed by atoms with Crippen LogP contribution >= 0.6 is 23.3 Å². The molecule has 0 bridgehead atoms. The average molecular weight is 475 g/mol. The van der Waals surface area contributed by atoms with Gasteiger partial charge in [0.1, 0.15) is 0 Å². The molecule has 0 N–H and O–H groups in total. The summed E-state index contributed by atoms with van der Waals surface area (Å²) in [6.45, 7) is 2.69. The van der Waals surface area contributed by atoms with E-state index in [9.17, 15) is 14.4 Å². The zero-order chi connectivity index (χ0) is 23.3. The molecule has 0 unspecified atom stereocenters. The van der Waals surface area contributed by atoms with Crippen LogP contribution in [0.3, 0.4) is 0 Å². The van der Waals surface area contributed by atoms with Crippen molar-refractivity contribution in [3.05, 3.63) is 65.0 Å². The Balaban J connectivity index is 0.00000176. The van der Waals surface area contributed by atoms with E-state index in [4.69, 9.17) is 4.74 Å². The van der Waals surface area contributed by atoms with Crippen LogP contribution in [0.25, 0.3) is 0 Å². The van der Waals surface area contributed by atoms with Crippen LogP contribution in [-0.4, -0.2) is 40.8 Å². The Kier molecular flexibility index (Phi) is 11.3. The number of pyridine rings is 1. The summed E-state index contributed by atoms with van der Waals surface area (Å²) >= 11 is 6.44. The summed E-state index contributed by atoms with van der Waals surface area (Å²) < 4.78 is 4.92. The molecule has 0 saturated carbocycles. The number of rotatable bonds is 11. The molecular formula is C24H30N2O4S2. The predicted octanol–water partition coefficient (Wildman–Crippen LogP) is 4.74. The number of benzene rings is 1. The fourth-order valence-corrected chi connectivity index (χ4v) is 3.60. The highest BCUT2D eigenvalue weighted by molar-refractivity contribution is 8.59. The smallest absolute Gasteiger partial charge is 0.305 e. The van der Waals surface area contributed by atoms with Crippen molar-refractivity contribution < 1.29 is 19.1 Å². The van der Waals surface area contributed by atoms with Gasteiger partial charge in [-0.1, -0.05) is 18.2 Å². The number of unbranched alkanes of at least 4 members (excludes halogenated alkanes) is 2. The molecule has 172 valence electrons. The summed E-state index contributed by atoms with van der Waals surface area (Å²) in [4.78, 5) is 41.9. The van der Waals surface area contributed by atoms with Crippen molar-refractivity contribution in [1.29, 1.82) is 0 Å². The van der Waals surface area contributed by atoms with E-state index in [0.29, 0.717) is 30.7 Å². The lowest BCUT2D eigenvalue weighted by molar-refractivity contribution is -0.143. The number of amides is 2. The number of aromatic nitrogens is 1. The van der Waals surface area contributed by atoms with Crippen molar-refractivity contribution in [2.24, 2.45) is 0 Å². The van der Waals surface area contributed by atoms with Crippen LogP contribution in [0.5, 0.6) is 0 Å². The molecule has 0 saturated heterocycles. The quantitative estimate of drug-likeness (QED) is 0.162. The molecule has 8 heteroatoms. The van der Waals surface area contributed by atoms with Crippen LogP contribution in [0.4, 0.5) is 0 Å². The first kappa shape index (κ1) is 25.9. The van der Waals surface area contributed by atoms with Gasteiger partial charge >= 0.3 is 5.97 Å². The van der Waals surface area contributed by atoms with Crippen LogP contribution in [0.1, 0.15) is 71.0 Å². The summed E-state index contributed by atoms with van der Waals surface area (Å²) in [6.07, 6.45) is 7.42.